The highest BCUT2D eigenvalue weighted by atomic mass is 32.2. The average molecular weight is 376 g/mol. The zero-order chi connectivity index (χ0) is 17.9. The van der Waals surface area contributed by atoms with Crippen molar-refractivity contribution in [2.45, 2.75) is 11.1 Å². The second-order valence-electron chi connectivity index (χ2n) is 5.48. The first-order chi connectivity index (χ1) is 12.0. The molecule has 2 aromatic rings. The molecule has 2 heterocycles. The molecule has 0 bridgehead atoms. The van der Waals surface area contributed by atoms with Crippen LogP contribution < -0.4 is 9.63 Å². The van der Waals surface area contributed by atoms with Crippen molar-refractivity contribution in [3.63, 3.8) is 0 Å². The molecular formula is C17H16N2O4S2. The molecule has 6 nitrogen and oxygen atoms in total. The van der Waals surface area contributed by atoms with E-state index in [4.69, 9.17) is 0 Å². The van der Waals surface area contributed by atoms with Gasteiger partial charge in [-0.2, -0.15) is 4.73 Å². The van der Waals surface area contributed by atoms with E-state index in [1.54, 1.807) is 42.5 Å². The number of benzene rings is 1. The minimum absolute atomic E-state index is 0.0333. The third-order valence-electron chi connectivity index (χ3n) is 3.68. The molecule has 3 rings (SSSR count). The molecule has 1 atom stereocenters. The van der Waals surface area contributed by atoms with Crippen LogP contribution in [0.1, 0.15) is 0 Å². The number of aromatic nitrogens is 1. The number of hydrogen-bond acceptors (Lipinski definition) is 5. The Morgan fingerprint density at radius 1 is 1.20 bits per heavy atom. The molecule has 0 saturated heterocycles. The normalized spacial score (nSPS) is 18.2. The van der Waals surface area contributed by atoms with Crippen LogP contribution >= 0.6 is 11.8 Å². The summed E-state index contributed by atoms with van der Waals surface area (Å²) >= 11 is 1.12. The zero-order valence-electron chi connectivity index (χ0n) is 13.2. The Hall–Kier alpha value is -2.32. The first kappa shape index (κ1) is 17.5. The molecule has 0 saturated carbocycles. The monoisotopic (exact) mass is 376 g/mol. The number of rotatable bonds is 5. The van der Waals surface area contributed by atoms with E-state index in [0.717, 1.165) is 17.2 Å². The number of hydrogen-bond donors (Lipinski definition) is 0. The zero-order valence-corrected chi connectivity index (χ0v) is 14.8. The first-order valence-corrected chi connectivity index (χ1v) is 10.3. The van der Waals surface area contributed by atoms with Gasteiger partial charge in [0, 0.05) is 23.2 Å². The maximum absolute atomic E-state index is 12.8. The number of carbonyl (C=O) groups is 1. The predicted octanol–water partition coefficient (Wildman–Crippen LogP) is 1.76. The van der Waals surface area contributed by atoms with Gasteiger partial charge >= 0.3 is 0 Å². The third-order valence-corrected chi connectivity index (χ3v) is 6.06. The smallest absolute Gasteiger partial charge is 0.251 e. The fourth-order valence-electron chi connectivity index (χ4n) is 2.56. The van der Waals surface area contributed by atoms with Crippen LogP contribution in [-0.2, 0) is 14.6 Å². The predicted molar refractivity (Wildman–Crippen MR) is 96.8 cm³/mol. The lowest BCUT2D eigenvalue weighted by Crippen LogP contribution is -2.42. The lowest BCUT2D eigenvalue weighted by molar-refractivity contribution is -0.645. The number of thioether (sulfide) groups is 1. The second kappa shape index (κ2) is 7.28. The van der Waals surface area contributed by atoms with Crippen LogP contribution in [0.15, 0.2) is 71.2 Å². The van der Waals surface area contributed by atoms with Crippen molar-refractivity contribution in [3.05, 3.63) is 71.4 Å². The van der Waals surface area contributed by atoms with E-state index in [9.17, 15) is 18.4 Å². The quantitative estimate of drug-likeness (QED) is 0.451. The summed E-state index contributed by atoms with van der Waals surface area (Å²) in [5, 5.41) is 13.3. The van der Waals surface area contributed by atoms with Gasteiger partial charge in [-0.1, -0.05) is 18.2 Å². The largest absolute Gasteiger partial charge is 0.618 e. The van der Waals surface area contributed by atoms with Gasteiger partial charge in [-0.05, 0) is 36.0 Å². The van der Waals surface area contributed by atoms with Crippen molar-refractivity contribution in [1.29, 1.82) is 0 Å². The van der Waals surface area contributed by atoms with Crippen LogP contribution in [0, 0.1) is 5.21 Å². The summed E-state index contributed by atoms with van der Waals surface area (Å²) in [7, 11) is -3.29. The van der Waals surface area contributed by atoms with E-state index in [0.29, 0.717) is 15.4 Å². The molecule has 130 valence electrons. The highest BCUT2D eigenvalue weighted by Gasteiger charge is 2.31. The van der Waals surface area contributed by atoms with E-state index in [2.05, 4.69) is 0 Å². The number of anilines is 1. The molecule has 0 unspecified atom stereocenters. The molecule has 8 heteroatoms. The van der Waals surface area contributed by atoms with Gasteiger partial charge in [-0.3, -0.25) is 4.79 Å². The Labute approximate surface area is 150 Å². The summed E-state index contributed by atoms with van der Waals surface area (Å²) in [6, 6.07) is 13.4. The molecule has 0 N–H and O–H groups in total. The van der Waals surface area contributed by atoms with Crippen molar-refractivity contribution >= 4 is 33.2 Å². The fourth-order valence-corrected chi connectivity index (χ4v) is 4.60. The maximum Gasteiger partial charge on any atom is 0.251 e. The number of para-hydroxylation sites is 1. The molecule has 0 spiro atoms. The van der Waals surface area contributed by atoms with Crippen LogP contribution in [0.2, 0.25) is 0 Å². The molecular weight excluding hydrogens is 360 g/mol. The summed E-state index contributed by atoms with van der Waals surface area (Å²) in [5.74, 6) is -0.358. The fraction of sp³-hybridized carbons (Fsp3) is 0.176. The first-order valence-electron chi connectivity index (χ1n) is 7.55. The Kier molecular flexibility index (Phi) is 5.10. The molecule has 25 heavy (non-hydrogen) atoms. The highest BCUT2D eigenvalue weighted by molar-refractivity contribution is 7.99. The molecule has 1 aromatic heterocycles. The topological polar surface area (TPSA) is 81.4 Å². The lowest BCUT2D eigenvalue weighted by Gasteiger charge is -2.27. The minimum Gasteiger partial charge on any atom is -0.618 e. The van der Waals surface area contributed by atoms with E-state index in [1.165, 1.54) is 17.2 Å². The van der Waals surface area contributed by atoms with E-state index >= 15 is 0 Å². The summed E-state index contributed by atoms with van der Waals surface area (Å²) in [6.07, 6.45) is 2.90. The van der Waals surface area contributed by atoms with Crippen LogP contribution in [0.4, 0.5) is 5.69 Å². The number of nitrogens with zero attached hydrogens (tertiary/aromatic N) is 2. The molecule has 0 radical (unpaired) electrons. The minimum atomic E-state index is -3.29. The Morgan fingerprint density at radius 3 is 2.56 bits per heavy atom. The summed E-state index contributed by atoms with van der Waals surface area (Å²) in [6.45, 7) is 0. The Morgan fingerprint density at radius 2 is 1.92 bits per heavy atom. The average Bonchev–Trinajstić information content (AvgIpc) is 2.95. The summed E-state index contributed by atoms with van der Waals surface area (Å²) in [4.78, 5) is 14.3. The standard InChI is InChI=1S/C17H16N2O4S2/c20-16(12-24-17-8-4-5-10-18(17)21)19(14-6-2-1-3-7-14)15-9-11-25(22,23)13-15/h1-11,15H,12-13H2/t15-/m0/s1. The third kappa shape index (κ3) is 4.21. The number of carbonyl (C=O) groups excluding carboxylic acids is 1. The van der Waals surface area contributed by atoms with Gasteiger partial charge in [0.25, 0.3) is 5.03 Å². The maximum atomic E-state index is 12.8. The van der Waals surface area contributed by atoms with Crippen molar-refractivity contribution in [2.24, 2.45) is 0 Å². The molecule has 1 aromatic carbocycles. The molecule has 1 amide bonds. The van der Waals surface area contributed by atoms with Crippen molar-refractivity contribution in [3.8, 4) is 0 Å². The highest BCUT2D eigenvalue weighted by Crippen LogP contribution is 2.24. The number of sulfone groups is 1. The van der Waals surface area contributed by atoms with Crippen LogP contribution in [-0.4, -0.2) is 31.9 Å². The van der Waals surface area contributed by atoms with Crippen LogP contribution in [0.5, 0.6) is 0 Å². The number of amides is 1. The van der Waals surface area contributed by atoms with Gasteiger partial charge in [-0.15, -0.1) is 0 Å². The van der Waals surface area contributed by atoms with E-state index in [1.807, 2.05) is 6.07 Å². The van der Waals surface area contributed by atoms with Crippen molar-refractivity contribution in [2.75, 3.05) is 16.4 Å². The van der Waals surface area contributed by atoms with Gasteiger partial charge in [0.15, 0.2) is 16.0 Å². The van der Waals surface area contributed by atoms with Gasteiger partial charge in [0.1, 0.15) is 0 Å². The molecule has 1 aliphatic rings. The number of pyridine rings is 1. The van der Waals surface area contributed by atoms with Crippen LogP contribution in [0.25, 0.3) is 0 Å². The lowest BCUT2D eigenvalue weighted by atomic mass is 10.2. The summed E-state index contributed by atoms with van der Waals surface area (Å²) in [5.41, 5.74) is 0.628. The van der Waals surface area contributed by atoms with Crippen LogP contribution in [0.3, 0.4) is 0 Å². The molecule has 0 aliphatic carbocycles. The molecule has 1 aliphatic heterocycles. The van der Waals surface area contributed by atoms with Gasteiger partial charge in [0.2, 0.25) is 5.91 Å². The molecule has 0 fully saturated rings. The second-order valence-corrected chi connectivity index (χ2v) is 8.40. The van der Waals surface area contributed by atoms with Gasteiger partial charge in [-0.25, -0.2) is 8.42 Å². The van der Waals surface area contributed by atoms with Crippen molar-refractivity contribution in [1.82, 2.24) is 0 Å². The van der Waals surface area contributed by atoms with Gasteiger partial charge < -0.3 is 10.1 Å². The Bertz CT molecular complexity index is 898. The summed E-state index contributed by atoms with van der Waals surface area (Å²) < 4.78 is 24.2. The SMILES string of the molecule is O=C(CSc1cccc[n+]1[O-])N(c1ccccc1)[C@H]1C=CS(=O)(=O)C1. The van der Waals surface area contributed by atoms with E-state index < -0.39 is 15.9 Å². The van der Waals surface area contributed by atoms with Gasteiger partial charge in [0.05, 0.1) is 17.5 Å². The van der Waals surface area contributed by atoms with Crippen molar-refractivity contribution < 1.29 is 17.9 Å². The van der Waals surface area contributed by atoms with E-state index in [-0.39, 0.29) is 17.4 Å². The Balaban J connectivity index is 1.81.